The minimum absolute atomic E-state index is 0.0380. The summed E-state index contributed by atoms with van der Waals surface area (Å²) in [6, 6.07) is 11.0. The van der Waals surface area contributed by atoms with Gasteiger partial charge in [-0.05, 0) is 44.0 Å². The van der Waals surface area contributed by atoms with Crippen LogP contribution in [0.15, 0.2) is 42.6 Å². The highest BCUT2D eigenvalue weighted by atomic mass is 16.5. The molecule has 2 aromatic rings. The van der Waals surface area contributed by atoms with E-state index in [4.69, 9.17) is 4.74 Å². The zero-order valence-corrected chi connectivity index (χ0v) is 14.7. The first kappa shape index (κ1) is 17.8. The number of hydrogen-bond acceptors (Lipinski definition) is 4. The van der Waals surface area contributed by atoms with Crippen LogP contribution in [0.2, 0.25) is 0 Å². The number of hydrogen-bond donors (Lipinski definition) is 2. The Morgan fingerprint density at radius 3 is 2.50 bits per heavy atom. The largest absolute Gasteiger partial charge is 0.489 e. The van der Waals surface area contributed by atoms with Gasteiger partial charge in [0.05, 0.1) is 17.4 Å². The van der Waals surface area contributed by atoms with Crippen LogP contribution in [0.4, 0.5) is 11.5 Å². The van der Waals surface area contributed by atoms with E-state index in [9.17, 15) is 4.79 Å². The molecule has 1 amide bonds. The number of rotatable bonds is 7. The lowest BCUT2D eigenvalue weighted by atomic mass is 10.2. The van der Waals surface area contributed by atoms with Crippen molar-refractivity contribution in [2.45, 2.75) is 33.8 Å². The first-order valence-corrected chi connectivity index (χ1v) is 8.22. The predicted molar refractivity (Wildman–Crippen MR) is 97.7 cm³/mol. The standard InChI is InChI=1S/C19H25N3O2/c1-13(2)11-20-18-10-9-15(12-21-18)19(23)22-16-7-5-6-8-17(16)24-14(3)4/h5-10,12-14H,11H2,1-4H3,(H,20,21)(H,22,23). The minimum Gasteiger partial charge on any atom is -0.489 e. The molecule has 24 heavy (non-hydrogen) atoms. The minimum atomic E-state index is -0.210. The fraction of sp³-hybridized carbons (Fsp3) is 0.368. The molecule has 1 aromatic heterocycles. The van der Waals surface area contributed by atoms with Gasteiger partial charge in [-0.15, -0.1) is 0 Å². The van der Waals surface area contributed by atoms with Gasteiger partial charge in [0.2, 0.25) is 0 Å². The molecule has 5 nitrogen and oxygen atoms in total. The fourth-order valence-electron chi connectivity index (χ4n) is 2.06. The van der Waals surface area contributed by atoms with Crippen molar-refractivity contribution in [1.82, 2.24) is 4.98 Å². The van der Waals surface area contributed by atoms with Crippen molar-refractivity contribution in [2.75, 3.05) is 17.2 Å². The Morgan fingerprint density at radius 1 is 1.12 bits per heavy atom. The van der Waals surface area contributed by atoms with E-state index >= 15 is 0 Å². The second-order valence-corrected chi connectivity index (χ2v) is 6.32. The molecule has 0 saturated carbocycles. The molecule has 0 atom stereocenters. The Hall–Kier alpha value is -2.56. The van der Waals surface area contributed by atoms with Crippen molar-refractivity contribution in [3.05, 3.63) is 48.2 Å². The number of para-hydroxylation sites is 2. The van der Waals surface area contributed by atoms with E-state index in [1.165, 1.54) is 0 Å². The summed E-state index contributed by atoms with van der Waals surface area (Å²) < 4.78 is 5.72. The molecule has 0 spiro atoms. The van der Waals surface area contributed by atoms with Crippen LogP contribution in [0.25, 0.3) is 0 Å². The molecule has 5 heteroatoms. The van der Waals surface area contributed by atoms with E-state index in [1.54, 1.807) is 12.3 Å². The van der Waals surface area contributed by atoms with Gasteiger partial charge in [0.15, 0.2) is 0 Å². The molecular formula is C19H25N3O2. The Labute approximate surface area is 143 Å². The molecule has 0 fully saturated rings. The summed E-state index contributed by atoms with van der Waals surface area (Å²) in [5.74, 6) is 1.75. The third-order valence-corrected chi connectivity index (χ3v) is 3.22. The fourth-order valence-corrected chi connectivity index (χ4v) is 2.06. The second-order valence-electron chi connectivity index (χ2n) is 6.32. The zero-order valence-electron chi connectivity index (χ0n) is 14.7. The number of amides is 1. The lowest BCUT2D eigenvalue weighted by molar-refractivity contribution is 0.102. The lowest BCUT2D eigenvalue weighted by Crippen LogP contribution is -2.15. The molecule has 0 aliphatic rings. The highest BCUT2D eigenvalue weighted by Crippen LogP contribution is 2.25. The summed E-state index contributed by atoms with van der Waals surface area (Å²) in [6.07, 6.45) is 1.61. The Balaban J connectivity index is 2.05. The number of nitrogens with zero attached hydrogens (tertiary/aromatic N) is 1. The van der Waals surface area contributed by atoms with Crippen LogP contribution < -0.4 is 15.4 Å². The van der Waals surface area contributed by atoms with Gasteiger partial charge >= 0.3 is 0 Å². The van der Waals surface area contributed by atoms with Gasteiger partial charge in [-0.1, -0.05) is 26.0 Å². The molecule has 1 aromatic carbocycles. The molecule has 2 N–H and O–H groups in total. The zero-order chi connectivity index (χ0) is 17.5. The van der Waals surface area contributed by atoms with Crippen molar-refractivity contribution in [1.29, 1.82) is 0 Å². The third-order valence-electron chi connectivity index (χ3n) is 3.22. The lowest BCUT2D eigenvalue weighted by Gasteiger charge is -2.15. The van der Waals surface area contributed by atoms with E-state index in [1.807, 2.05) is 44.2 Å². The highest BCUT2D eigenvalue weighted by molar-refractivity contribution is 6.04. The van der Waals surface area contributed by atoms with Crippen LogP contribution in [-0.2, 0) is 0 Å². The van der Waals surface area contributed by atoms with E-state index in [0.717, 1.165) is 12.4 Å². The topological polar surface area (TPSA) is 63.2 Å². The second kappa shape index (κ2) is 8.34. The van der Waals surface area contributed by atoms with Crippen LogP contribution in [0.3, 0.4) is 0 Å². The monoisotopic (exact) mass is 327 g/mol. The SMILES string of the molecule is CC(C)CNc1ccc(C(=O)Nc2ccccc2OC(C)C)cn1. The summed E-state index contributed by atoms with van der Waals surface area (Å²) in [5.41, 5.74) is 1.16. The van der Waals surface area contributed by atoms with E-state index in [2.05, 4.69) is 29.5 Å². The number of nitrogens with one attached hydrogen (secondary N) is 2. The van der Waals surface area contributed by atoms with E-state index in [0.29, 0.717) is 22.9 Å². The molecular weight excluding hydrogens is 302 g/mol. The van der Waals surface area contributed by atoms with Crippen molar-refractivity contribution in [3.63, 3.8) is 0 Å². The number of anilines is 2. The summed E-state index contributed by atoms with van der Waals surface area (Å²) in [4.78, 5) is 16.7. The van der Waals surface area contributed by atoms with Gasteiger partial charge in [0.25, 0.3) is 5.91 Å². The summed E-state index contributed by atoms with van der Waals surface area (Å²) >= 11 is 0. The van der Waals surface area contributed by atoms with Crippen LogP contribution in [0.1, 0.15) is 38.1 Å². The third kappa shape index (κ3) is 5.26. The molecule has 0 unspecified atom stereocenters. The summed E-state index contributed by atoms with van der Waals surface area (Å²) in [5, 5.41) is 6.11. The maximum absolute atomic E-state index is 12.4. The van der Waals surface area contributed by atoms with Crippen molar-refractivity contribution < 1.29 is 9.53 Å². The normalized spacial score (nSPS) is 10.8. The Morgan fingerprint density at radius 2 is 1.88 bits per heavy atom. The maximum atomic E-state index is 12.4. The molecule has 0 aliphatic heterocycles. The maximum Gasteiger partial charge on any atom is 0.257 e. The average molecular weight is 327 g/mol. The number of aromatic nitrogens is 1. The molecule has 1 heterocycles. The number of pyridine rings is 1. The number of benzene rings is 1. The smallest absolute Gasteiger partial charge is 0.257 e. The number of ether oxygens (including phenoxy) is 1. The van der Waals surface area contributed by atoms with Gasteiger partial charge in [-0.2, -0.15) is 0 Å². The Kier molecular flexibility index (Phi) is 6.18. The Bertz CT molecular complexity index is 667. The van der Waals surface area contributed by atoms with Crippen LogP contribution in [0, 0.1) is 5.92 Å². The molecule has 2 rings (SSSR count). The van der Waals surface area contributed by atoms with Crippen LogP contribution in [-0.4, -0.2) is 23.5 Å². The van der Waals surface area contributed by atoms with E-state index < -0.39 is 0 Å². The van der Waals surface area contributed by atoms with Crippen molar-refractivity contribution in [2.24, 2.45) is 5.92 Å². The van der Waals surface area contributed by atoms with Crippen molar-refractivity contribution >= 4 is 17.4 Å². The molecule has 0 bridgehead atoms. The van der Waals surface area contributed by atoms with Gasteiger partial charge < -0.3 is 15.4 Å². The van der Waals surface area contributed by atoms with Gasteiger partial charge in [-0.25, -0.2) is 4.98 Å². The molecule has 0 radical (unpaired) electrons. The molecule has 0 saturated heterocycles. The average Bonchev–Trinajstić information content (AvgIpc) is 2.54. The molecule has 0 aliphatic carbocycles. The van der Waals surface area contributed by atoms with Gasteiger partial charge in [0, 0.05) is 12.7 Å². The molecule has 128 valence electrons. The van der Waals surface area contributed by atoms with Gasteiger partial charge in [-0.3, -0.25) is 4.79 Å². The van der Waals surface area contributed by atoms with Crippen LogP contribution >= 0.6 is 0 Å². The summed E-state index contributed by atoms with van der Waals surface area (Å²) in [7, 11) is 0. The highest BCUT2D eigenvalue weighted by Gasteiger charge is 2.11. The van der Waals surface area contributed by atoms with Gasteiger partial charge in [0.1, 0.15) is 11.6 Å². The number of carbonyl (C=O) groups is 1. The predicted octanol–water partition coefficient (Wildman–Crippen LogP) is 4.19. The van der Waals surface area contributed by atoms with Crippen molar-refractivity contribution in [3.8, 4) is 5.75 Å². The first-order valence-electron chi connectivity index (χ1n) is 8.22. The summed E-state index contributed by atoms with van der Waals surface area (Å²) in [6.45, 7) is 9.01. The van der Waals surface area contributed by atoms with Crippen LogP contribution in [0.5, 0.6) is 5.75 Å². The number of carbonyl (C=O) groups excluding carboxylic acids is 1. The van der Waals surface area contributed by atoms with E-state index in [-0.39, 0.29) is 12.0 Å². The quantitative estimate of drug-likeness (QED) is 0.800. The first-order chi connectivity index (χ1) is 11.5.